The van der Waals surface area contributed by atoms with Crippen LogP contribution in [-0.2, 0) is 7.05 Å². The van der Waals surface area contributed by atoms with Crippen molar-refractivity contribution in [1.29, 1.82) is 0 Å². The summed E-state index contributed by atoms with van der Waals surface area (Å²) in [5.74, 6) is 0. The summed E-state index contributed by atoms with van der Waals surface area (Å²) in [5, 5.41) is 16.0. The Morgan fingerprint density at radius 3 is 2.72 bits per heavy atom. The lowest BCUT2D eigenvalue weighted by Crippen LogP contribution is -2.25. The van der Waals surface area contributed by atoms with E-state index in [2.05, 4.69) is 33.6 Å². The molecule has 0 bridgehead atoms. The van der Waals surface area contributed by atoms with Gasteiger partial charge in [0.25, 0.3) is 0 Å². The Kier molecular flexibility index (Phi) is 3.72. The maximum atomic E-state index is 4.24. The Bertz CT molecular complexity index is 532. The Hall–Kier alpha value is -1.75. The van der Waals surface area contributed by atoms with Crippen molar-refractivity contribution in [2.24, 2.45) is 7.05 Å². The van der Waals surface area contributed by atoms with E-state index in [-0.39, 0.29) is 6.04 Å². The van der Waals surface area contributed by atoms with Crippen LogP contribution >= 0.6 is 0 Å². The maximum absolute atomic E-state index is 4.24. The van der Waals surface area contributed by atoms with Gasteiger partial charge in [0, 0.05) is 18.8 Å². The van der Waals surface area contributed by atoms with Gasteiger partial charge in [0.15, 0.2) is 0 Å². The molecule has 2 aromatic heterocycles. The van der Waals surface area contributed by atoms with Crippen LogP contribution in [0.5, 0.6) is 0 Å². The first-order chi connectivity index (χ1) is 8.63. The molecule has 96 valence electrons. The number of aryl methyl sites for hydroxylation is 3. The summed E-state index contributed by atoms with van der Waals surface area (Å²) >= 11 is 0. The zero-order chi connectivity index (χ0) is 13.1. The SMILES string of the molecule is CCNC(c1cc(C)nnc1C)c1ccnn1C. The van der Waals surface area contributed by atoms with Crippen LogP contribution in [-0.4, -0.2) is 26.5 Å². The minimum Gasteiger partial charge on any atom is -0.305 e. The summed E-state index contributed by atoms with van der Waals surface area (Å²) < 4.78 is 1.89. The third-order valence-electron chi connectivity index (χ3n) is 3.01. The average Bonchev–Trinajstić information content (AvgIpc) is 2.76. The molecule has 2 aromatic rings. The molecule has 0 spiro atoms. The van der Waals surface area contributed by atoms with Gasteiger partial charge in [-0.05, 0) is 32.5 Å². The molecule has 1 unspecified atom stereocenters. The number of rotatable bonds is 4. The van der Waals surface area contributed by atoms with E-state index >= 15 is 0 Å². The second-order valence-corrected chi connectivity index (χ2v) is 4.40. The van der Waals surface area contributed by atoms with Gasteiger partial charge in [0.05, 0.1) is 23.1 Å². The van der Waals surface area contributed by atoms with Crippen LogP contribution < -0.4 is 5.32 Å². The number of hydrogen-bond donors (Lipinski definition) is 1. The molecule has 0 aliphatic heterocycles. The van der Waals surface area contributed by atoms with E-state index in [4.69, 9.17) is 0 Å². The Balaban J connectivity index is 2.48. The molecular weight excluding hydrogens is 226 g/mol. The third-order valence-corrected chi connectivity index (χ3v) is 3.01. The van der Waals surface area contributed by atoms with Crippen molar-refractivity contribution in [3.63, 3.8) is 0 Å². The topological polar surface area (TPSA) is 55.6 Å². The van der Waals surface area contributed by atoms with Gasteiger partial charge in [-0.3, -0.25) is 4.68 Å². The van der Waals surface area contributed by atoms with E-state index in [1.807, 2.05) is 37.8 Å². The van der Waals surface area contributed by atoms with Gasteiger partial charge in [-0.25, -0.2) is 0 Å². The van der Waals surface area contributed by atoms with Crippen LogP contribution in [0.25, 0.3) is 0 Å². The molecule has 5 nitrogen and oxygen atoms in total. The summed E-state index contributed by atoms with van der Waals surface area (Å²) in [5.41, 5.74) is 4.17. The Labute approximate surface area is 107 Å². The molecular formula is C13H19N5. The lowest BCUT2D eigenvalue weighted by molar-refractivity contribution is 0.566. The highest BCUT2D eigenvalue weighted by Gasteiger charge is 2.19. The van der Waals surface area contributed by atoms with Gasteiger partial charge in [-0.15, -0.1) is 0 Å². The molecule has 18 heavy (non-hydrogen) atoms. The fourth-order valence-corrected chi connectivity index (χ4v) is 2.11. The molecule has 0 aromatic carbocycles. The molecule has 0 saturated carbocycles. The highest BCUT2D eigenvalue weighted by Crippen LogP contribution is 2.23. The highest BCUT2D eigenvalue weighted by atomic mass is 15.3. The first-order valence-electron chi connectivity index (χ1n) is 6.15. The van der Waals surface area contributed by atoms with Gasteiger partial charge in [-0.2, -0.15) is 15.3 Å². The smallest absolute Gasteiger partial charge is 0.0767 e. The lowest BCUT2D eigenvalue weighted by Gasteiger charge is -2.20. The predicted molar refractivity (Wildman–Crippen MR) is 70.2 cm³/mol. The van der Waals surface area contributed by atoms with Crippen molar-refractivity contribution >= 4 is 0 Å². The highest BCUT2D eigenvalue weighted by molar-refractivity contribution is 5.30. The number of nitrogens with one attached hydrogen (secondary N) is 1. The normalized spacial score (nSPS) is 12.7. The predicted octanol–water partition coefficient (Wildman–Crippen LogP) is 1.53. The van der Waals surface area contributed by atoms with Crippen LogP contribution in [0, 0.1) is 13.8 Å². The van der Waals surface area contributed by atoms with E-state index < -0.39 is 0 Å². The molecule has 0 saturated heterocycles. The van der Waals surface area contributed by atoms with Gasteiger partial charge in [-0.1, -0.05) is 6.92 Å². The van der Waals surface area contributed by atoms with Crippen LogP contribution in [0.2, 0.25) is 0 Å². The fourth-order valence-electron chi connectivity index (χ4n) is 2.11. The molecule has 0 radical (unpaired) electrons. The van der Waals surface area contributed by atoms with Gasteiger partial charge in [0.2, 0.25) is 0 Å². The van der Waals surface area contributed by atoms with Crippen molar-refractivity contribution in [2.45, 2.75) is 26.8 Å². The molecule has 2 heterocycles. The second kappa shape index (κ2) is 5.27. The van der Waals surface area contributed by atoms with E-state index in [1.54, 1.807) is 0 Å². The minimum absolute atomic E-state index is 0.108. The Morgan fingerprint density at radius 2 is 2.11 bits per heavy atom. The molecule has 0 fully saturated rings. The molecule has 1 N–H and O–H groups in total. The van der Waals surface area contributed by atoms with E-state index in [9.17, 15) is 0 Å². The molecule has 0 aliphatic carbocycles. The first kappa shape index (κ1) is 12.7. The van der Waals surface area contributed by atoms with Gasteiger partial charge in [0.1, 0.15) is 0 Å². The van der Waals surface area contributed by atoms with Crippen molar-refractivity contribution in [3.8, 4) is 0 Å². The quantitative estimate of drug-likeness (QED) is 0.887. The van der Waals surface area contributed by atoms with E-state index in [0.717, 1.165) is 29.2 Å². The third kappa shape index (κ3) is 2.41. The lowest BCUT2D eigenvalue weighted by atomic mass is 10.0. The molecule has 0 aliphatic rings. The van der Waals surface area contributed by atoms with Gasteiger partial charge >= 0.3 is 0 Å². The summed E-state index contributed by atoms with van der Waals surface area (Å²) in [4.78, 5) is 0. The zero-order valence-electron chi connectivity index (χ0n) is 11.3. The Morgan fingerprint density at radius 1 is 1.33 bits per heavy atom. The summed E-state index contributed by atoms with van der Waals surface area (Å²) in [7, 11) is 1.95. The number of nitrogens with zero attached hydrogens (tertiary/aromatic N) is 4. The second-order valence-electron chi connectivity index (χ2n) is 4.40. The molecule has 1 atom stereocenters. The summed E-state index contributed by atoms with van der Waals surface area (Å²) in [6, 6.07) is 4.22. The first-order valence-corrected chi connectivity index (χ1v) is 6.15. The molecule has 2 rings (SSSR count). The molecule has 5 heteroatoms. The van der Waals surface area contributed by atoms with Crippen molar-refractivity contribution in [3.05, 3.63) is 41.0 Å². The van der Waals surface area contributed by atoms with Crippen LogP contribution in [0.1, 0.15) is 35.6 Å². The largest absolute Gasteiger partial charge is 0.305 e. The average molecular weight is 245 g/mol. The van der Waals surface area contributed by atoms with Crippen LogP contribution in [0.4, 0.5) is 0 Å². The maximum Gasteiger partial charge on any atom is 0.0767 e. The summed E-state index contributed by atoms with van der Waals surface area (Å²) in [6.45, 7) is 6.93. The van der Waals surface area contributed by atoms with E-state index in [0.29, 0.717) is 0 Å². The van der Waals surface area contributed by atoms with Crippen molar-refractivity contribution in [2.75, 3.05) is 6.54 Å². The standard InChI is InChI=1S/C13H19N5/c1-5-14-13(12-6-7-15-18(12)4)11-8-9(2)16-17-10(11)3/h6-8,13-14H,5H2,1-4H3. The number of aromatic nitrogens is 4. The van der Waals surface area contributed by atoms with Crippen molar-refractivity contribution in [1.82, 2.24) is 25.3 Å². The monoisotopic (exact) mass is 245 g/mol. The molecule has 0 amide bonds. The van der Waals surface area contributed by atoms with Crippen molar-refractivity contribution < 1.29 is 0 Å². The van der Waals surface area contributed by atoms with Crippen LogP contribution in [0.15, 0.2) is 18.3 Å². The number of hydrogen-bond acceptors (Lipinski definition) is 4. The summed E-state index contributed by atoms with van der Waals surface area (Å²) in [6.07, 6.45) is 1.82. The zero-order valence-corrected chi connectivity index (χ0v) is 11.3. The van der Waals surface area contributed by atoms with Crippen LogP contribution in [0.3, 0.4) is 0 Å². The van der Waals surface area contributed by atoms with E-state index in [1.165, 1.54) is 0 Å². The van der Waals surface area contributed by atoms with Gasteiger partial charge < -0.3 is 5.32 Å². The minimum atomic E-state index is 0.108. The fraction of sp³-hybridized carbons (Fsp3) is 0.462.